The van der Waals surface area contributed by atoms with E-state index in [1.54, 1.807) is 6.07 Å². The molecule has 0 aliphatic rings. The number of nitrogens with zero attached hydrogens (tertiary/aromatic N) is 2. The highest BCUT2D eigenvalue weighted by Gasteiger charge is 2.19. The fourth-order valence-corrected chi connectivity index (χ4v) is 2.63. The van der Waals surface area contributed by atoms with Crippen molar-refractivity contribution in [3.63, 3.8) is 0 Å². The molecule has 0 aliphatic carbocycles. The van der Waals surface area contributed by atoms with Crippen LogP contribution in [0.2, 0.25) is 0 Å². The Morgan fingerprint density at radius 3 is 2.46 bits per heavy atom. The molecular formula is C19H24N4O3. The number of nitrogens with one attached hydrogen (secondary N) is 1. The zero-order valence-electron chi connectivity index (χ0n) is 15.0. The lowest BCUT2D eigenvalue weighted by Crippen LogP contribution is -2.37. The molecule has 0 saturated heterocycles. The SMILES string of the molecule is CN(C)CC[C@@H](NC(=O)c1cccn(CC(N)=O)c1=O)c1ccccc1. The summed E-state index contributed by atoms with van der Waals surface area (Å²) in [7, 11) is 3.92. The number of carbonyl (C=O) groups excluding carboxylic acids is 2. The summed E-state index contributed by atoms with van der Waals surface area (Å²) in [6.45, 7) is 0.517. The van der Waals surface area contributed by atoms with Gasteiger partial charge in [0, 0.05) is 6.20 Å². The largest absolute Gasteiger partial charge is 0.368 e. The van der Waals surface area contributed by atoms with E-state index in [-0.39, 0.29) is 18.2 Å². The lowest BCUT2D eigenvalue weighted by Gasteiger charge is -2.21. The molecular weight excluding hydrogens is 332 g/mol. The minimum Gasteiger partial charge on any atom is -0.368 e. The average Bonchev–Trinajstić information content (AvgIpc) is 2.60. The van der Waals surface area contributed by atoms with Gasteiger partial charge < -0.3 is 20.5 Å². The van der Waals surface area contributed by atoms with Crippen molar-refractivity contribution < 1.29 is 9.59 Å². The minimum atomic E-state index is -0.641. The quantitative estimate of drug-likeness (QED) is 0.729. The standard InChI is InChI=1S/C19H24N4O3/c1-22(2)12-10-16(14-7-4-3-5-8-14)21-18(25)15-9-6-11-23(19(15)26)13-17(20)24/h3-9,11,16H,10,12-13H2,1-2H3,(H2,20,24)(H,21,25)/t16-/m1/s1. The van der Waals surface area contributed by atoms with Crippen molar-refractivity contribution in [1.29, 1.82) is 0 Å². The molecule has 1 aromatic heterocycles. The first-order chi connectivity index (χ1) is 12.4. The maximum absolute atomic E-state index is 12.7. The molecule has 1 aromatic carbocycles. The normalized spacial score (nSPS) is 12.0. The van der Waals surface area contributed by atoms with Crippen LogP contribution in [0, 0.1) is 0 Å². The molecule has 1 heterocycles. The van der Waals surface area contributed by atoms with E-state index in [2.05, 4.69) is 5.32 Å². The second-order valence-electron chi connectivity index (χ2n) is 6.35. The van der Waals surface area contributed by atoms with E-state index in [9.17, 15) is 14.4 Å². The van der Waals surface area contributed by atoms with Crippen LogP contribution in [0.25, 0.3) is 0 Å². The predicted molar refractivity (Wildman–Crippen MR) is 99.7 cm³/mol. The summed E-state index contributed by atoms with van der Waals surface area (Å²) >= 11 is 0. The molecule has 7 heteroatoms. The molecule has 0 radical (unpaired) electrons. The van der Waals surface area contributed by atoms with Gasteiger partial charge in [-0.05, 0) is 44.8 Å². The van der Waals surface area contributed by atoms with E-state index < -0.39 is 17.4 Å². The molecule has 2 aromatic rings. The number of rotatable bonds is 8. The van der Waals surface area contributed by atoms with Crippen LogP contribution in [-0.4, -0.2) is 41.9 Å². The van der Waals surface area contributed by atoms with E-state index in [0.717, 1.165) is 16.7 Å². The van der Waals surface area contributed by atoms with Gasteiger partial charge in [-0.1, -0.05) is 30.3 Å². The van der Waals surface area contributed by atoms with Gasteiger partial charge in [-0.2, -0.15) is 0 Å². The van der Waals surface area contributed by atoms with E-state index in [0.29, 0.717) is 6.42 Å². The average molecular weight is 356 g/mol. The van der Waals surface area contributed by atoms with Gasteiger partial charge in [0.2, 0.25) is 5.91 Å². The number of primary amides is 1. The van der Waals surface area contributed by atoms with Crippen LogP contribution in [-0.2, 0) is 11.3 Å². The molecule has 0 aliphatic heterocycles. The molecule has 3 N–H and O–H groups in total. The van der Waals surface area contributed by atoms with Gasteiger partial charge >= 0.3 is 0 Å². The van der Waals surface area contributed by atoms with Gasteiger partial charge in [-0.3, -0.25) is 14.4 Å². The first kappa shape index (κ1) is 19.4. The number of carbonyl (C=O) groups is 2. The maximum Gasteiger partial charge on any atom is 0.263 e. The first-order valence-corrected chi connectivity index (χ1v) is 8.36. The third-order valence-corrected chi connectivity index (χ3v) is 3.96. The molecule has 0 saturated carbocycles. The molecule has 0 fully saturated rings. The van der Waals surface area contributed by atoms with Crippen LogP contribution >= 0.6 is 0 Å². The number of amides is 2. The summed E-state index contributed by atoms with van der Waals surface area (Å²) in [5.41, 5.74) is 5.56. The van der Waals surface area contributed by atoms with Crippen molar-refractivity contribution in [3.8, 4) is 0 Å². The summed E-state index contributed by atoms with van der Waals surface area (Å²) < 4.78 is 1.13. The Bertz CT molecular complexity index is 815. The van der Waals surface area contributed by atoms with Crippen LogP contribution in [0.4, 0.5) is 0 Å². The number of nitrogens with two attached hydrogens (primary N) is 1. The van der Waals surface area contributed by atoms with Crippen LogP contribution in [0.1, 0.15) is 28.4 Å². The van der Waals surface area contributed by atoms with E-state index in [4.69, 9.17) is 5.73 Å². The Kier molecular flexibility index (Phi) is 6.68. The predicted octanol–water partition coefficient (Wildman–Crippen LogP) is 0.756. The number of pyridine rings is 1. The maximum atomic E-state index is 12.7. The number of benzene rings is 1. The molecule has 26 heavy (non-hydrogen) atoms. The fourth-order valence-electron chi connectivity index (χ4n) is 2.63. The van der Waals surface area contributed by atoms with E-state index in [1.165, 1.54) is 12.3 Å². The highest BCUT2D eigenvalue weighted by Crippen LogP contribution is 2.17. The Labute approximate surface area is 152 Å². The Balaban J connectivity index is 2.24. The molecule has 0 spiro atoms. The minimum absolute atomic E-state index is 0.0143. The number of hydrogen-bond acceptors (Lipinski definition) is 4. The van der Waals surface area contributed by atoms with Crippen LogP contribution in [0.5, 0.6) is 0 Å². The van der Waals surface area contributed by atoms with Crippen molar-refractivity contribution in [1.82, 2.24) is 14.8 Å². The summed E-state index contributed by atoms with van der Waals surface area (Å²) in [5, 5.41) is 2.93. The Morgan fingerprint density at radius 2 is 1.85 bits per heavy atom. The van der Waals surface area contributed by atoms with Crippen molar-refractivity contribution in [2.75, 3.05) is 20.6 Å². The van der Waals surface area contributed by atoms with Gasteiger partial charge in [-0.15, -0.1) is 0 Å². The first-order valence-electron chi connectivity index (χ1n) is 8.36. The second-order valence-corrected chi connectivity index (χ2v) is 6.35. The zero-order chi connectivity index (χ0) is 19.1. The van der Waals surface area contributed by atoms with Crippen molar-refractivity contribution in [2.24, 2.45) is 5.73 Å². The van der Waals surface area contributed by atoms with Gasteiger partial charge in [0.1, 0.15) is 12.1 Å². The molecule has 1 atom stereocenters. The smallest absolute Gasteiger partial charge is 0.263 e. The number of aromatic nitrogens is 1. The van der Waals surface area contributed by atoms with Gasteiger partial charge in [0.25, 0.3) is 11.5 Å². The lowest BCUT2D eigenvalue weighted by atomic mass is 10.0. The molecule has 7 nitrogen and oxygen atoms in total. The highest BCUT2D eigenvalue weighted by molar-refractivity contribution is 5.94. The number of hydrogen-bond donors (Lipinski definition) is 2. The highest BCUT2D eigenvalue weighted by atomic mass is 16.2. The molecule has 138 valence electrons. The van der Waals surface area contributed by atoms with Crippen molar-refractivity contribution >= 4 is 11.8 Å². The van der Waals surface area contributed by atoms with Crippen molar-refractivity contribution in [3.05, 3.63) is 70.1 Å². The second kappa shape index (κ2) is 8.96. The van der Waals surface area contributed by atoms with Crippen LogP contribution < -0.4 is 16.6 Å². The lowest BCUT2D eigenvalue weighted by molar-refractivity contribution is -0.118. The van der Waals surface area contributed by atoms with Crippen LogP contribution in [0.15, 0.2) is 53.5 Å². The van der Waals surface area contributed by atoms with Gasteiger partial charge in [0.15, 0.2) is 0 Å². The Morgan fingerprint density at radius 1 is 1.15 bits per heavy atom. The zero-order valence-corrected chi connectivity index (χ0v) is 15.0. The topological polar surface area (TPSA) is 97.4 Å². The summed E-state index contributed by atoms with van der Waals surface area (Å²) in [6, 6.07) is 12.4. The van der Waals surface area contributed by atoms with Crippen molar-refractivity contribution in [2.45, 2.75) is 19.0 Å². The third kappa shape index (κ3) is 5.29. The molecule has 0 bridgehead atoms. The summed E-state index contributed by atoms with van der Waals surface area (Å²) in [6.07, 6.45) is 2.13. The fraction of sp³-hybridized carbons (Fsp3) is 0.316. The molecule has 2 rings (SSSR count). The van der Waals surface area contributed by atoms with Gasteiger partial charge in [-0.25, -0.2) is 0 Å². The van der Waals surface area contributed by atoms with Gasteiger partial charge in [0.05, 0.1) is 6.04 Å². The molecule has 2 amide bonds. The monoisotopic (exact) mass is 356 g/mol. The summed E-state index contributed by atoms with van der Waals surface area (Å²) in [4.78, 5) is 38.2. The third-order valence-electron chi connectivity index (χ3n) is 3.96. The summed E-state index contributed by atoms with van der Waals surface area (Å²) in [5.74, 6) is -1.11. The molecule has 0 unspecified atom stereocenters. The van der Waals surface area contributed by atoms with E-state index >= 15 is 0 Å². The Hall–Kier alpha value is -2.93. The van der Waals surface area contributed by atoms with Crippen LogP contribution in [0.3, 0.4) is 0 Å². The van der Waals surface area contributed by atoms with E-state index in [1.807, 2.05) is 49.3 Å².